The normalized spacial score (nSPS) is 11.3. The van der Waals surface area contributed by atoms with Crippen LogP contribution in [0.1, 0.15) is 25.1 Å². The molecule has 0 saturated heterocycles. The Bertz CT molecular complexity index is 1710. The molecule has 4 nitrogen and oxygen atoms in total. The van der Waals surface area contributed by atoms with Crippen molar-refractivity contribution in [3.05, 3.63) is 109 Å². The third-order valence-corrected chi connectivity index (χ3v) is 8.83. The van der Waals surface area contributed by atoms with Gasteiger partial charge in [0.1, 0.15) is 0 Å². The van der Waals surface area contributed by atoms with Gasteiger partial charge < -0.3 is 14.4 Å². The Hall–Kier alpha value is -3.44. The number of aryl methyl sites for hydroxylation is 1. The Morgan fingerprint density at radius 1 is 0.854 bits per heavy atom. The van der Waals surface area contributed by atoms with Crippen molar-refractivity contribution in [2.75, 3.05) is 0 Å². The van der Waals surface area contributed by atoms with Crippen molar-refractivity contribution in [1.82, 2.24) is 15.0 Å². The minimum absolute atomic E-state index is 0. The van der Waals surface area contributed by atoms with Gasteiger partial charge in [-0.15, -0.1) is 59.7 Å². The molecule has 1 radical (unpaired) electrons. The number of pyridine rings is 3. The Labute approximate surface area is 257 Å². The van der Waals surface area contributed by atoms with Crippen LogP contribution in [0, 0.1) is 25.0 Å². The van der Waals surface area contributed by atoms with Gasteiger partial charge in [-0.05, 0) is 54.0 Å². The molecule has 0 unspecified atom stereocenters. The molecular formula is C35H35IrN3OSi-2. The van der Waals surface area contributed by atoms with Crippen LogP contribution in [-0.2, 0) is 26.5 Å². The summed E-state index contributed by atoms with van der Waals surface area (Å²) in [5, 5.41) is 3.56. The minimum Gasteiger partial charge on any atom is -0.486 e. The summed E-state index contributed by atoms with van der Waals surface area (Å²) >= 11 is 0. The monoisotopic (exact) mass is 734 g/mol. The van der Waals surface area contributed by atoms with Gasteiger partial charge >= 0.3 is 0 Å². The summed E-state index contributed by atoms with van der Waals surface area (Å²) in [7, 11) is -1.44. The van der Waals surface area contributed by atoms with Crippen LogP contribution >= 0.6 is 0 Å². The maximum Gasteiger partial charge on any atom is 0.216 e. The van der Waals surface area contributed by atoms with Gasteiger partial charge in [0.2, 0.25) is 5.71 Å². The standard InChI is InChI=1S/C24H27N2OSi.C11H8N.Ir/c1-15(2)11-18-13-21(25-14-23(18)28(4,5)6)17-8-10-22-20(12-17)19-9-7-16(3)26-24(19)27-22;1-2-6-10(7-3-1)11-8-4-5-9-12-11;/h7,9-10,12-15H,11H2,1-6H3;1-6,8-9H;/q2*-1;. The van der Waals surface area contributed by atoms with Gasteiger partial charge in [-0.3, -0.25) is 0 Å². The van der Waals surface area contributed by atoms with Gasteiger partial charge in [0.15, 0.2) is 0 Å². The molecule has 0 aliphatic rings. The molecule has 6 heteroatoms. The second kappa shape index (κ2) is 13.0. The first-order valence-corrected chi connectivity index (χ1v) is 17.3. The van der Waals surface area contributed by atoms with Crippen LogP contribution < -0.4 is 5.19 Å². The van der Waals surface area contributed by atoms with Crippen LogP contribution in [0.15, 0.2) is 89.6 Å². The summed E-state index contributed by atoms with van der Waals surface area (Å²) in [6, 6.07) is 30.6. The van der Waals surface area contributed by atoms with Gasteiger partial charge in [0.25, 0.3) is 0 Å². The summed E-state index contributed by atoms with van der Waals surface area (Å²) in [6.45, 7) is 13.7. The number of aromatic nitrogens is 3. The molecule has 211 valence electrons. The second-order valence-electron chi connectivity index (χ2n) is 11.6. The van der Waals surface area contributed by atoms with Crippen molar-refractivity contribution < 1.29 is 24.5 Å². The Kier molecular flexibility index (Phi) is 9.70. The minimum atomic E-state index is -1.44. The van der Waals surface area contributed by atoms with Gasteiger partial charge in [-0.1, -0.05) is 62.6 Å². The summed E-state index contributed by atoms with van der Waals surface area (Å²) < 4.78 is 5.91. The molecule has 6 rings (SSSR count). The molecule has 0 atom stereocenters. The van der Waals surface area contributed by atoms with Gasteiger partial charge in [0.05, 0.1) is 13.7 Å². The molecule has 6 aromatic rings. The van der Waals surface area contributed by atoms with E-state index in [4.69, 9.17) is 9.40 Å². The van der Waals surface area contributed by atoms with Crippen molar-refractivity contribution in [2.45, 2.75) is 46.8 Å². The number of benzene rings is 2. The van der Waals surface area contributed by atoms with Crippen LogP contribution in [0.2, 0.25) is 19.6 Å². The van der Waals surface area contributed by atoms with Gasteiger partial charge in [0, 0.05) is 43.6 Å². The molecule has 0 aliphatic heterocycles. The van der Waals surface area contributed by atoms with Crippen molar-refractivity contribution in [3.8, 4) is 22.5 Å². The molecule has 4 aromatic heterocycles. The van der Waals surface area contributed by atoms with Crippen LogP contribution in [0.3, 0.4) is 0 Å². The molecule has 41 heavy (non-hydrogen) atoms. The number of fused-ring (bicyclic) bond motifs is 3. The number of hydrogen-bond donors (Lipinski definition) is 0. The topological polar surface area (TPSA) is 51.8 Å². The van der Waals surface area contributed by atoms with E-state index in [1.165, 1.54) is 10.8 Å². The molecule has 2 aromatic carbocycles. The summed E-state index contributed by atoms with van der Waals surface area (Å²) in [6.07, 6.45) is 4.97. The molecular weight excluding hydrogens is 699 g/mol. The molecule has 0 fully saturated rings. The first-order chi connectivity index (χ1) is 19.2. The van der Waals surface area contributed by atoms with E-state index in [2.05, 4.69) is 80.0 Å². The maximum atomic E-state index is 5.91. The van der Waals surface area contributed by atoms with E-state index in [1.54, 1.807) is 6.20 Å². The van der Waals surface area contributed by atoms with Crippen molar-refractivity contribution in [1.29, 1.82) is 0 Å². The van der Waals surface area contributed by atoms with Crippen molar-refractivity contribution in [3.63, 3.8) is 0 Å². The zero-order valence-corrected chi connectivity index (χ0v) is 27.8. The number of furan rings is 1. The SMILES string of the molecule is Cc1ccc2c(n1)oc1c[c-]c(-c3cc(CC(C)C)c([Si](C)(C)C)cn3)cc12.[Ir].[c-]1ccccc1-c1ccccn1. The van der Waals surface area contributed by atoms with Gasteiger partial charge in [-0.25, -0.2) is 4.98 Å². The van der Waals surface area contributed by atoms with E-state index in [0.717, 1.165) is 51.0 Å². The Balaban J connectivity index is 0.000000249. The van der Waals surface area contributed by atoms with Gasteiger partial charge in [-0.2, -0.15) is 0 Å². The zero-order valence-electron chi connectivity index (χ0n) is 24.5. The van der Waals surface area contributed by atoms with Crippen LogP contribution in [0.4, 0.5) is 0 Å². The average Bonchev–Trinajstić information content (AvgIpc) is 3.30. The van der Waals surface area contributed by atoms with E-state index in [-0.39, 0.29) is 20.1 Å². The fraction of sp³-hybridized carbons (Fsp3) is 0.229. The fourth-order valence-corrected chi connectivity index (χ4v) is 6.43. The van der Waals surface area contributed by atoms with E-state index in [0.29, 0.717) is 11.6 Å². The summed E-state index contributed by atoms with van der Waals surface area (Å²) in [4.78, 5) is 13.6. The second-order valence-corrected chi connectivity index (χ2v) is 16.6. The molecule has 0 bridgehead atoms. The molecule has 4 heterocycles. The van der Waals surface area contributed by atoms with Crippen LogP contribution in [0.25, 0.3) is 44.6 Å². The Morgan fingerprint density at radius 3 is 2.34 bits per heavy atom. The summed E-state index contributed by atoms with van der Waals surface area (Å²) in [5.41, 5.74) is 7.88. The summed E-state index contributed by atoms with van der Waals surface area (Å²) in [5.74, 6) is 0.615. The molecule has 0 saturated carbocycles. The maximum absolute atomic E-state index is 5.91. The molecule has 0 spiro atoms. The van der Waals surface area contributed by atoms with E-state index < -0.39 is 8.07 Å². The van der Waals surface area contributed by atoms with E-state index >= 15 is 0 Å². The first-order valence-electron chi connectivity index (χ1n) is 13.8. The fourth-order valence-electron chi connectivity index (χ4n) is 4.84. The molecule has 0 aliphatic carbocycles. The predicted octanol–water partition coefficient (Wildman–Crippen LogP) is 8.44. The first kappa shape index (κ1) is 30.5. The number of hydrogen-bond acceptors (Lipinski definition) is 4. The quantitative estimate of drug-likeness (QED) is 0.132. The predicted molar refractivity (Wildman–Crippen MR) is 168 cm³/mol. The average molecular weight is 734 g/mol. The van der Waals surface area contributed by atoms with E-state index in [1.807, 2.05) is 61.5 Å². The number of nitrogens with zero attached hydrogens (tertiary/aromatic N) is 3. The van der Waals surface area contributed by atoms with Crippen molar-refractivity contribution >= 4 is 35.3 Å². The Morgan fingerprint density at radius 2 is 1.66 bits per heavy atom. The third kappa shape index (κ3) is 7.26. The smallest absolute Gasteiger partial charge is 0.216 e. The molecule has 0 N–H and O–H groups in total. The van der Waals surface area contributed by atoms with Crippen LogP contribution in [-0.4, -0.2) is 23.0 Å². The van der Waals surface area contributed by atoms with E-state index in [9.17, 15) is 0 Å². The van der Waals surface area contributed by atoms with Crippen molar-refractivity contribution in [2.24, 2.45) is 5.92 Å². The van der Waals surface area contributed by atoms with Crippen LogP contribution in [0.5, 0.6) is 0 Å². The largest absolute Gasteiger partial charge is 0.486 e. The molecule has 0 amide bonds. The third-order valence-electron chi connectivity index (χ3n) is 6.76. The number of rotatable bonds is 5. The zero-order chi connectivity index (χ0) is 28.3.